The molecule has 0 radical (unpaired) electrons. The Balaban J connectivity index is 2.29. The second-order valence-corrected chi connectivity index (χ2v) is 6.45. The van der Waals surface area contributed by atoms with Crippen LogP contribution in [0.15, 0.2) is 18.2 Å². The normalized spacial score (nSPS) is 15.0. The van der Waals surface area contributed by atoms with Gasteiger partial charge in [0.15, 0.2) is 11.5 Å². The number of rotatable bonds is 8. The Morgan fingerprint density at radius 1 is 1.32 bits per heavy atom. The van der Waals surface area contributed by atoms with Crippen molar-refractivity contribution in [3.05, 3.63) is 33.9 Å². The topological polar surface area (TPSA) is 81.9 Å². The average Bonchev–Trinajstić information content (AvgIpc) is 2.67. The molecule has 0 spiro atoms. The van der Waals surface area contributed by atoms with Crippen LogP contribution in [-0.2, 0) is 4.79 Å². The lowest BCUT2D eigenvalue weighted by Crippen LogP contribution is -2.40. The molecule has 0 aromatic heterocycles. The molecular weight excluding hydrogens is 374 g/mol. The van der Waals surface area contributed by atoms with Gasteiger partial charge in [-0.05, 0) is 31.9 Å². The van der Waals surface area contributed by atoms with Crippen LogP contribution in [0.4, 0.5) is 14.5 Å². The number of amides is 1. The van der Waals surface area contributed by atoms with Gasteiger partial charge < -0.3 is 14.4 Å². The number of nitro groups is 1. The van der Waals surface area contributed by atoms with Crippen molar-refractivity contribution in [1.29, 1.82) is 0 Å². The highest BCUT2D eigenvalue weighted by Crippen LogP contribution is 2.36. The fourth-order valence-electron chi connectivity index (χ4n) is 3.45. The van der Waals surface area contributed by atoms with E-state index in [-0.39, 0.29) is 23.3 Å². The summed E-state index contributed by atoms with van der Waals surface area (Å²) in [4.78, 5) is 25.0. The molecule has 7 nitrogen and oxygen atoms in total. The van der Waals surface area contributed by atoms with Gasteiger partial charge in [-0.3, -0.25) is 14.9 Å². The van der Waals surface area contributed by atoms with Crippen molar-refractivity contribution in [2.45, 2.75) is 51.7 Å². The molecule has 1 aliphatic carbocycles. The van der Waals surface area contributed by atoms with Crippen molar-refractivity contribution in [2.24, 2.45) is 0 Å². The van der Waals surface area contributed by atoms with E-state index in [9.17, 15) is 23.7 Å². The van der Waals surface area contributed by atoms with Gasteiger partial charge in [0.1, 0.15) is 0 Å². The second kappa shape index (κ2) is 10.0. The fourth-order valence-corrected chi connectivity index (χ4v) is 3.45. The maximum atomic E-state index is 12.6. The van der Waals surface area contributed by atoms with Crippen molar-refractivity contribution in [2.75, 3.05) is 13.7 Å². The first-order chi connectivity index (χ1) is 13.4. The van der Waals surface area contributed by atoms with E-state index in [1.807, 2.05) is 6.92 Å². The van der Waals surface area contributed by atoms with Gasteiger partial charge in [-0.25, -0.2) is 0 Å². The largest absolute Gasteiger partial charge is 0.493 e. The third-order valence-corrected chi connectivity index (χ3v) is 4.77. The Labute approximate surface area is 162 Å². The maximum absolute atomic E-state index is 12.6. The Bertz CT molecular complexity index is 733. The minimum atomic E-state index is -3.15. The van der Waals surface area contributed by atoms with Gasteiger partial charge in [0.05, 0.1) is 23.7 Å². The number of ether oxygens (including phenoxy) is 2. The Kier molecular flexibility index (Phi) is 7.71. The predicted octanol–water partition coefficient (Wildman–Crippen LogP) is 4.40. The van der Waals surface area contributed by atoms with Crippen molar-refractivity contribution in [3.8, 4) is 11.5 Å². The van der Waals surface area contributed by atoms with E-state index in [1.165, 1.54) is 25.3 Å². The average molecular weight is 398 g/mol. The van der Waals surface area contributed by atoms with Gasteiger partial charge >= 0.3 is 6.61 Å². The van der Waals surface area contributed by atoms with Gasteiger partial charge in [-0.2, -0.15) is 8.78 Å². The van der Waals surface area contributed by atoms with Crippen LogP contribution in [0.1, 0.15) is 44.6 Å². The summed E-state index contributed by atoms with van der Waals surface area (Å²) in [5.74, 6) is -0.765. The first-order valence-electron chi connectivity index (χ1n) is 9.17. The van der Waals surface area contributed by atoms with Crippen molar-refractivity contribution < 1.29 is 28.0 Å². The smallest absolute Gasteiger partial charge is 0.387 e. The van der Waals surface area contributed by atoms with Gasteiger partial charge in [0, 0.05) is 18.7 Å². The molecule has 1 saturated carbocycles. The summed E-state index contributed by atoms with van der Waals surface area (Å²) >= 11 is 0. The number of methoxy groups -OCH3 is 1. The molecule has 0 atom stereocenters. The first kappa shape index (κ1) is 21.6. The summed E-state index contributed by atoms with van der Waals surface area (Å²) in [6.07, 6.45) is 7.78. The van der Waals surface area contributed by atoms with E-state index in [1.54, 1.807) is 4.90 Å². The highest BCUT2D eigenvalue weighted by atomic mass is 19.3. The number of nitrogens with zero attached hydrogens (tertiary/aromatic N) is 2. The van der Waals surface area contributed by atoms with Gasteiger partial charge in [-0.15, -0.1) is 0 Å². The van der Waals surface area contributed by atoms with Crippen LogP contribution >= 0.6 is 0 Å². The van der Waals surface area contributed by atoms with Crippen LogP contribution < -0.4 is 9.47 Å². The molecule has 1 fully saturated rings. The highest BCUT2D eigenvalue weighted by molar-refractivity contribution is 5.92. The minimum Gasteiger partial charge on any atom is -0.493 e. The molecule has 0 N–H and O–H groups in total. The van der Waals surface area contributed by atoms with Crippen molar-refractivity contribution >= 4 is 17.7 Å². The first-order valence-corrected chi connectivity index (χ1v) is 9.17. The monoisotopic (exact) mass is 398 g/mol. The number of carbonyl (C=O) groups excluding carboxylic acids is 1. The molecule has 1 aromatic carbocycles. The SMILES string of the molecule is CCN(C(=O)/C=C/c1cc(OC)c(OC(F)F)cc1[N+](=O)[O-])C1CCCCC1. The third-order valence-electron chi connectivity index (χ3n) is 4.77. The second-order valence-electron chi connectivity index (χ2n) is 6.45. The number of halogens is 2. The maximum Gasteiger partial charge on any atom is 0.387 e. The van der Waals surface area contributed by atoms with Gasteiger partial charge in [-0.1, -0.05) is 19.3 Å². The number of likely N-dealkylation sites (N-methyl/N-ethyl adjacent to an activating group) is 1. The molecule has 1 aromatic rings. The molecule has 9 heteroatoms. The molecule has 154 valence electrons. The molecule has 0 heterocycles. The van der Waals surface area contributed by atoms with Crippen LogP contribution in [0.3, 0.4) is 0 Å². The Hall–Kier alpha value is -2.71. The fraction of sp³-hybridized carbons (Fsp3) is 0.526. The van der Waals surface area contributed by atoms with Crippen LogP contribution in [0.5, 0.6) is 11.5 Å². The quantitative estimate of drug-likeness (QED) is 0.368. The molecule has 0 bridgehead atoms. The minimum absolute atomic E-state index is 0.0662. The molecule has 0 aliphatic heterocycles. The van der Waals surface area contributed by atoms with Crippen molar-refractivity contribution in [1.82, 2.24) is 4.90 Å². The standard InChI is InChI=1S/C19H24F2N2O5/c1-3-22(14-7-5-4-6-8-14)18(24)10-9-13-11-16(27-2)17(28-19(20)21)12-15(13)23(25)26/h9-12,14,19H,3-8H2,1-2H3/b10-9+. The van der Waals surface area contributed by atoms with Crippen LogP contribution in [0.2, 0.25) is 0 Å². The van der Waals surface area contributed by atoms with Crippen molar-refractivity contribution in [3.63, 3.8) is 0 Å². The molecule has 2 rings (SSSR count). The lowest BCUT2D eigenvalue weighted by molar-refractivity contribution is -0.385. The molecule has 1 amide bonds. The molecular formula is C19H24F2N2O5. The van der Waals surface area contributed by atoms with E-state index >= 15 is 0 Å². The summed E-state index contributed by atoms with van der Waals surface area (Å²) in [7, 11) is 1.24. The summed E-state index contributed by atoms with van der Waals surface area (Å²) < 4.78 is 34.3. The van der Waals surface area contributed by atoms with E-state index < -0.39 is 23.0 Å². The highest BCUT2D eigenvalue weighted by Gasteiger charge is 2.24. The lowest BCUT2D eigenvalue weighted by atomic mass is 9.94. The zero-order valence-electron chi connectivity index (χ0n) is 15.9. The van der Waals surface area contributed by atoms with E-state index in [0.717, 1.165) is 38.2 Å². The van der Waals surface area contributed by atoms with E-state index in [2.05, 4.69) is 4.74 Å². The Morgan fingerprint density at radius 2 is 2.00 bits per heavy atom. The molecule has 0 saturated heterocycles. The zero-order valence-corrected chi connectivity index (χ0v) is 15.9. The lowest BCUT2D eigenvalue weighted by Gasteiger charge is -2.32. The summed E-state index contributed by atoms with van der Waals surface area (Å²) in [5.41, 5.74) is -0.391. The van der Waals surface area contributed by atoms with E-state index in [4.69, 9.17) is 4.74 Å². The Morgan fingerprint density at radius 3 is 2.54 bits per heavy atom. The van der Waals surface area contributed by atoms with Gasteiger partial charge in [0.2, 0.25) is 5.91 Å². The summed E-state index contributed by atoms with van der Waals surface area (Å²) in [5, 5.41) is 11.3. The molecule has 1 aliphatic rings. The van der Waals surface area contributed by atoms with E-state index in [0.29, 0.717) is 6.54 Å². The van der Waals surface area contributed by atoms with Gasteiger partial charge in [0.25, 0.3) is 5.69 Å². The number of hydrogen-bond donors (Lipinski definition) is 0. The van der Waals surface area contributed by atoms with Crippen LogP contribution in [-0.4, -0.2) is 42.0 Å². The van der Waals surface area contributed by atoms with Crippen LogP contribution in [0.25, 0.3) is 6.08 Å². The number of alkyl halides is 2. The predicted molar refractivity (Wildman–Crippen MR) is 99.6 cm³/mol. The number of hydrogen-bond acceptors (Lipinski definition) is 5. The third kappa shape index (κ3) is 5.40. The summed E-state index contributed by atoms with van der Waals surface area (Å²) in [6.45, 7) is -0.715. The number of nitro benzene ring substituents is 1. The molecule has 0 unspecified atom stereocenters. The number of carbonyl (C=O) groups is 1. The summed E-state index contributed by atoms with van der Waals surface area (Å²) in [6, 6.07) is 2.24. The number of benzene rings is 1. The zero-order chi connectivity index (χ0) is 20.7. The molecule has 28 heavy (non-hydrogen) atoms. The van der Waals surface area contributed by atoms with Crippen LogP contribution in [0, 0.1) is 10.1 Å².